The molecule has 0 unspecified atom stereocenters. The Kier molecular flexibility index (Phi) is 4.52. The number of aliphatic hydroxyl groups is 2. The van der Waals surface area contributed by atoms with Crippen LogP contribution in [0.4, 0.5) is 0 Å². The predicted molar refractivity (Wildman–Crippen MR) is 72.5 cm³/mol. The summed E-state index contributed by atoms with van der Waals surface area (Å²) < 4.78 is 5.44. The Bertz CT molecular complexity index is 388. The molecule has 0 saturated heterocycles. The van der Waals surface area contributed by atoms with E-state index in [1.54, 1.807) is 0 Å². The van der Waals surface area contributed by atoms with Gasteiger partial charge < -0.3 is 20.3 Å². The zero-order valence-corrected chi connectivity index (χ0v) is 10.8. The maximum Gasteiger partial charge on any atom is 0.262 e. The fourth-order valence-electron chi connectivity index (χ4n) is 2.17. The van der Waals surface area contributed by atoms with Gasteiger partial charge in [0.25, 0.3) is 5.17 Å². The van der Waals surface area contributed by atoms with Crippen LogP contribution in [0.15, 0.2) is 30.3 Å². The summed E-state index contributed by atoms with van der Waals surface area (Å²) in [6.45, 7) is 0. The van der Waals surface area contributed by atoms with Crippen LogP contribution >= 0.6 is 12.2 Å². The lowest BCUT2D eigenvalue weighted by molar-refractivity contribution is 0.0281. The Hall–Kier alpha value is -1.17. The van der Waals surface area contributed by atoms with Crippen molar-refractivity contribution in [3.8, 4) is 5.75 Å². The van der Waals surface area contributed by atoms with Crippen molar-refractivity contribution >= 4 is 17.4 Å². The Morgan fingerprint density at radius 2 is 1.72 bits per heavy atom. The number of benzene rings is 1. The number of aliphatic hydroxyl groups excluding tert-OH is 2. The van der Waals surface area contributed by atoms with Crippen LogP contribution in [-0.2, 0) is 0 Å². The molecule has 5 heteroatoms. The van der Waals surface area contributed by atoms with Crippen molar-refractivity contribution in [2.75, 3.05) is 0 Å². The Morgan fingerprint density at radius 1 is 1.11 bits per heavy atom. The molecule has 98 valence electrons. The van der Waals surface area contributed by atoms with Crippen molar-refractivity contribution < 1.29 is 14.9 Å². The number of thiocarbonyl (C=S) groups is 1. The van der Waals surface area contributed by atoms with Gasteiger partial charge in [-0.1, -0.05) is 18.2 Å². The second-order valence-corrected chi connectivity index (χ2v) is 4.93. The van der Waals surface area contributed by atoms with E-state index >= 15 is 0 Å². The number of hydrogen-bond acceptors (Lipinski definition) is 4. The largest absolute Gasteiger partial charge is 0.432 e. The highest BCUT2D eigenvalue weighted by atomic mass is 32.1. The topological polar surface area (TPSA) is 61.7 Å². The molecule has 0 heterocycles. The minimum absolute atomic E-state index is 0.0417. The molecule has 1 saturated carbocycles. The highest BCUT2D eigenvalue weighted by molar-refractivity contribution is 7.80. The van der Waals surface area contributed by atoms with Gasteiger partial charge in [-0.15, -0.1) is 0 Å². The van der Waals surface area contributed by atoms with Gasteiger partial charge in [0.1, 0.15) is 5.75 Å². The Balaban J connectivity index is 1.84. The molecule has 3 atom stereocenters. The second kappa shape index (κ2) is 6.13. The number of hydrogen-bond donors (Lipinski definition) is 3. The average Bonchev–Trinajstić information content (AvgIpc) is 2.28. The van der Waals surface area contributed by atoms with E-state index in [-0.39, 0.29) is 11.2 Å². The van der Waals surface area contributed by atoms with Gasteiger partial charge in [0.15, 0.2) is 0 Å². The van der Waals surface area contributed by atoms with Crippen LogP contribution in [0.1, 0.15) is 19.3 Å². The van der Waals surface area contributed by atoms with Crippen LogP contribution in [0.2, 0.25) is 0 Å². The van der Waals surface area contributed by atoms with E-state index in [2.05, 4.69) is 5.32 Å². The van der Waals surface area contributed by atoms with Gasteiger partial charge in [-0.2, -0.15) is 0 Å². The standard InChI is InChI=1S/C13H17NO3S/c15-10-6-9(7-11(16)8-10)14-13(18)17-12-4-2-1-3-5-12/h1-5,9-11,15-16H,6-8H2,(H,14,18)/t9-,10+,11-. The van der Waals surface area contributed by atoms with Crippen molar-refractivity contribution in [1.29, 1.82) is 0 Å². The van der Waals surface area contributed by atoms with E-state index in [9.17, 15) is 10.2 Å². The first kappa shape index (κ1) is 13.3. The molecule has 1 aromatic rings. The van der Waals surface area contributed by atoms with Gasteiger partial charge in [0.05, 0.1) is 12.2 Å². The summed E-state index contributed by atoms with van der Waals surface area (Å²) in [5.41, 5.74) is 0. The summed E-state index contributed by atoms with van der Waals surface area (Å²) >= 11 is 5.10. The van der Waals surface area contributed by atoms with E-state index < -0.39 is 12.2 Å². The maximum atomic E-state index is 9.57. The third-order valence-electron chi connectivity index (χ3n) is 2.93. The molecule has 0 aromatic heterocycles. The molecule has 0 radical (unpaired) electrons. The molecular weight excluding hydrogens is 250 g/mol. The quantitative estimate of drug-likeness (QED) is 0.703. The molecule has 1 aliphatic rings. The van der Waals surface area contributed by atoms with Crippen molar-refractivity contribution in [1.82, 2.24) is 5.32 Å². The van der Waals surface area contributed by atoms with Crippen LogP contribution in [-0.4, -0.2) is 33.6 Å². The fourth-order valence-corrected chi connectivity index (χ4v) is 2.43. The molecule has 1 fully saturated rings. The molecule has 2 rings (SSSR count). The number of ether oxygens (including phenoxy) is 1. The SMILES string of the molecule is O[C@@H]1C[C@H](O)C[C@H](NC(=S)Oc2ccccc2)C1. The molecular formula is C13H17NO3S. The Morgan fingerprint density at radius 3 is 2.33 bits per heavy atom. The molecule has 3 N–H and O–H groups in total. The van der Waals surface area contributed by atoms with Gasteiger partial charge in [-0.05, 0) is 43.6 Å². The van der Waals surface area contributed by atoms with Gasteiger partial charge >= 0.3 is 0 Å². The number of nitrogens with one attached hydrogen (secondary N) is 1. The minimum Gasteiger partial charge on any atom is -0.432 e. The molecule has 0 bridgehead atoms. The van der Waals surface area contributed by atoms with Crippen LogP contribution in [0.25, 0.3) is 0 Å². The van der Waals surface area contributed by atoms with E-state index in [4.69, 9.17) is 17.0 Å². The molecule has 1 aliphatic carbocycles. The normalized spacial score (nSPS) is 27.6. The van der Waals surface area contributed by atoms with Crippen LogP contribution in [0.3, 0.4) is 0 Å². The van der Waals surface area contributed by atoms with E-state index in [1.807, 2.05) is 30.3 Å². The van der Waals surface area contributed by atoms with Crippen molar-refractivity contribution in [2.24, 2.45) is 0 Å². The third kappa shape index (κ3) is 3.94. The first-order valence-electron chi connectivity index (χ1n) is 6.03. The average molecular weight is 267 g/mol. The maximum absolute atomic E-state index is 9.57. The van der Waals surface area contributed by atoms with Crippen LogP contribution in [0.5, 0.6) is 5.75 Å². The monoisotopic (exact) mass is 267 g/mol. The number of rotatable bonds is 2. The lowest BCUT2D eigenvalue weighted by Gasteiger charge is -2.30. The van der Waals surface area contributed by atoms with Gasteiger partial charge in [-0.25, -0.2) is 0 Å². The van der Waals surface area contributed by atoms with Crippen molar-refractivity contribution in [3.63, 3.8) is 0 Å². The van der Waals surface area contributed by atoms with Gasteiger partial charge in [-0.3, -0.25) is 0 Å². The van der Waals surface area contributed by atoms with Crippen molar-refractivity contribution in [2.45, 2.75) is 37.5 Å². The summed E-state index contributed by atoms with van der Waals surface area (Å²) in [7, 11) is 0. The predicted octanol–water partition coefficient (Wildman–Crippen LogP) is 1.21. The van der Waals surface area contributed by atoms with E-state index in [0.29, 0.717) is 25.0 Å². The first-order chi connectivity index (χ1) is 8.63. The van der Waals surface area contributed by atoms with E-state index in [1.165, 1.54) is 0 Å². The molecule has 1 aromatic carbocycles. The Labute approximate surface area is 112 Å². The summed E-state index contributed by atoms with van der Waals surface area (Å²) in [4.78, 5) is 0. The fraction of sp³-hybridized carbons (Fsp3) is 0.462. The molecule has 18 heavy (non-hydrogen) atoms. The summed E-state index contributed by atoms with van der Waals surface area (Å²) in [6, 6.07) is 9.23. The van der Waals surface area contributed by atoms with Gasteiger partial charge in [0, 0.05) is 6.04 Å². The van der Waals surface area contributed by atoms with Gasteiger partial charge in [0.2, 0.25) is 0 Å². The molecule has 0 spiro atoms. The van der Waals surface area contributed by atoms with Crippen LogP contribution in [0, 0.1) is 0 Å². The summed E-state index contributed by atoms with van der Waals surface area (Å²) in [5, 5.41) is 22.4. The number of para-hydroxylation sites is 1. The molecule has 4 nitrogen and oxygen atoms in total. The van der Waals surface area contributed by atoms with Crippen LogP contribution < -0.4 is 10.1 Å². The zero-order chi connectivity index (χ0) is 13.0. The second-order valence-electron chi connectivity index (χ2n) is 4.56. The highest BCUT2D eigenvalue weighted by Gasteiger charge is 2.27. The first-order valence-corrected chi connectivity index (χ1v) is 6.44. The lowest BCUT2D eigenvalue weighted by atomic mass is 9.91. The van der Waals surface area contributed by atoms with E-state index in [0.717, 1.165) is 0 Å². The summed E-state index contributed by atoms with van der Waals surface area (Å²) in [6.07, 6.45) is 0.631. The minimum atomic E-state index is -0.481. The van der Waals surface area contributed by atoms with Crippen molar-refractivity contribution in [3.05, 3.63) is 30.3 Å². The third-order valence-corrected chi connectivity index (χ3v) is 3.13. The highest BCUT2D eigenvalue weighted by Crippen LogP contribution is 2.19. The smallest absolute Gasteiger partial charge is 0.262 e. The molecule has 0 aliphatic heterocycles. The zero-order valence-electron chi connectivity index (χ0n) is 9.95. The summed E-state index contributed by atoms with van der Waals surface area (Å²) in [5.74, 6) is 0.673. The molecule has 0 amide bonds. The lowest BCUT2D eigenvalue weighted by Crippen LogP contribution is -2.44.